The summed E-state index contributed by atoms with van der Waals surface area (Å²) in [5.41, 5.74) is 0.589. The fraction of sp³-hybridized carbons (Fsp3) is 0.214. The van der Waals surface area contributed by atoms with Gasteiger partial charge in [0.2, 0.25) is 10.0 Å². The zero-order valence-electron chi connectivity index (χ0n) is 11.4. The van der Waals surface area contributed by atoms with Gasteiger partial charge in [-0.2, -0.15) is 0 Å². The largest absolute Gasteiger partial charge is 0.478 e. The predicted octanol–water partition coefficient (Wildman–Crippen LogP) is 2.02. The van der Waals surface area contributed by atoms with Gasteiger partial charge in [-0.25, -0.2) is 17.9 Å². The summed E-state index contributed by atoms with van der Waals surface area (Å²) in [7, 11) is -3.79. The second-order valence-electron chi connectivity index (χ2n) is 4.38. The van der Waals surface area contributed by atoms with Gasteiger partial charge in [-0.3, -0.25) is 0 Å². The molecule has 0 unspecified atom stereocenters. The lowest BCUT2D eigenvalue weighted by atomic mass is 10.1. The average molecular weight is 309 g/mol. The molecule has 0 bridgehead atoms. The maximum absolute atomic E-state index is 12.2. The van der Waals surface area contributed by atoms with Gasteiger partial charge in [-0.15, -0.1) is 0 Å². The molecule has 21 heavy (non-hydrogen) atoms. The molecular weight excluding hydrogens is 294 g/mol. The predicted molar refractivity (Wildman–Crippen MR) is 75.5 cm³/mol. The Morgan fingerprint density at radius 2 is 2.10 bits per heavy atom. The Morgan fingerprint density at radius 1 is 1.33 bits per heavy atom. The van der Waals surface area contributed by atoms with Crippen molar-refractivity contribution in [3.8, 4) is 0 Å². The van der Waals surface area contributed by atoms with Crippen molar-refractivity contribution in [2.75, 3.05) is 0 Å². The minimum Gasteiger partial charge on any atom is -0.478 e. The number of aryl methyl sites for hydroxylation is 1. The van der Waals surface area contributed by atoms with E-state index in [0.29, 0.717) is 17.7 Å². The summed E-state index contributed by atoms with van der Waals surface area (Å²) in [5.74, 6) is -0.669. The van der Waals surface area contributed by atoms with Crippen LogP contribution in [-0.4, -0.2) is 19.5 Å². The van der Waals surface area contributed by atoms with Gasteiger partial charge in [-0.05, 0) is 36.2 Å². The van der Waals surface area contributed by atoms with E-state index in [9.17, 15) is 13.2 Å². The summed E-state index contributed by atoms with van der Waals surface area (Å²) < 4.78 is 31.7. The highest BCUT2D eigenvalue weighted by Gasteiger charge is 2.18. The number of nitrogens with one attached hydrogen (secondary N) is 1. The summed E-state index contributed by atoms with van der Waals surface area (Å²) in [4.78, 5) is 11.1. The number of hydrogen-bond acceptors (Lipinski definition) is 4. The maximum Gasteiger partial charge on any atom is 0.336 e. The lowest BCUT2D eigenvalue weighted by Crippen LogP contribution is -2.23. The first-order chi connectivity index (χ1) is 9.94. The van der Waals surface area contributed by atoms with Gasteiger partial charge in [-0.1, -0.05) is 13.0 Å². The smallest absolute Gasteiger partial charge is 0.336 e. The highest BCUT2D eigenvalue weighted by Crippen LogP contribution is 2.17. The van der Waals surface area contributed by atoms with E-state index < -0.39 is 16.0 Å². The van der Waals surface area contributed by atoms with Crippen molar-refractivity contribution in [2.24, 2.45) is 0 Å². The van der Waals surface area contributed by atoms with Crippen molar-refractivity contribution < 1.29 is 22.7 Å². The minimum atomic E-state index is -3.79. The van der Waals surface area contributed by atoms with Gasteiger partial charge >= 0.3 is 5.97 Å². The van der Waals surface area contributed by atoms with Gasteiger partial charge in [0.1, 0.15) is 5.76 Å². The number of sulfonamides is 1. The Balaban J connectivity index is 2.27. The molecule has 2 aromatic rings. The highest BCUT2D eigenvalue weighted by atomic mass is 32.2. The van der Waals surface area contributed by atoms with Crippen molar-refractivity contribution in [3.63, 3.8) is 0 Å². The molecule has 1 aromatic heterocycles. The molecular formula is C14H15NO5S. The third-order valence-corrected chi connectivity index (χ3v) is 4.42. The van der Waals surface area contributed by atoms with E-state index in [1.165, 1.54) is 24.5 Å². The van der Waals surface area contributed by atoms with E-state index in [4.69, 9.17) is 9.52 Å². The first-order valence-corrected chi connectivity index (χ1v) is 7.80. The first kappa shape index (κ1) is 15.3. The number of carbonyl (C=O) groups is 1. The zero-order valence-corrected chi connectivity index (χ0v) is 12.2. The Morgan fingerprint density at radius 3 is 2.67 bits per heavy atom. The number of rotatable bonds is 6. The zero-order chi connectivity index (χ0) is 15.5. The van der Waals surface area contributed by atoms with E-state index >= 15 is 0 Å². The SMILES string of the molecule is CCc1ccc(S(=O)(=O)NCc2ccco2)cc1C(=O)O. The van der Waals surface area contributed by atoms with Crippen LogP contribution in [0.25, 0.3) is 0 Å². The average Bonchev–Trinajstić information content (AvgIpc) is 2.97. The van der Waals surface area contributed by atoms with Gasteiger partial charge in [0, 0.05) is 0 Å². The Bertz CT molecular complexity index is 735. The Kier molecular flexibility index (Phi) is 4.44. The molecule has 0 atom stereocenters. The first-order valence-electron chi connectivity index (χ1n) is 6.32. The second kappa shape index (κ2) is 6.11. The van der Waals surface area contributed by atoms with Crippen LogP contribution in [0.5, 0.6) is 0 Å². The number of carboxylic acid groups (broad SMARTS) is 1. The van der Waals surface area contributed by atoms with Crippen LogP contribution in [0.15, 0.2) is 45.9 Å². The maximum atomic E-state index is 12.2. The summed E-state index contributed by atoms with van der Waals surface area (Å²) in [6, 6.07) is 7.39. The molecule has 2 rings (SSSR count). The molecule has 112 valence electrons. The van der Waals surface area contributed by atoms with Crippen LogP contribution in [0.3, 0.4) is 0 Å². The fourth-order valence-corrected chi connectivity index (χ4v) is 2.91. The molecule has 0 radical (unpaired) electrons. The minimum absolute atomic E-state index is 0.00151. The number of hydrogen-bond donors (Lipinski definition) is 2. The van der Waals surface area contributed by atoms with E-state index in [0.717, 1.165) is 0 Å². The lowest BCUT2D eigenvalue weighted by molar-refractivity contribution is 0.0695. The fourth-order valence-electron chi connectivity index (χ4n) is 1.89. The van der Waals surface area contributed by atoms with Crippen LogP contribution in [0.2, 0.25) is 0 Å². The van der Waals surface area contributed by atoms with Crippen LogP contribution < -0.4 is 4.72 Å². The van der Waals surface area contributed by atoms with Crippen molar-refractivity contribution in [3.05, 3.63) is 53.5 Å². The molecule has 0 aliphatic rings. The standard InChI is InChI=1S/C14H15NO5S/c1-2-10-5-6-12(8-13(10)14(16)17)21(18,19)15-9-11-4-3-7-20-11/h3-8,15H,2,9H2,1H3,(H,16,17). The van der Waals surface area contributed by atoms with Crippen molar-refractivity contribution in [1.29, 1.82) is 0 Å². The molecule has 0 fully saturated rings. The molecule has 0 saturated heterocycles. The number of aromatic carboxylic acids is 1. The molecule has 0 amide bonds. The monoisotopic (exact) mass is 309 g/mol. The summed E-state index contributed by atoms with van der Waals surface area (Å²) >= 11 is 0. The van der Waals surface area contributed by atoms with E-state index in [1.807, 2.05) is 6.92 Å². The number of furan rings is 1. The number of benzene rings is 1. The quantitative estimate of drug-likeness (QED) is 0.851. The van der Waals surface area contributed by atoms with E-state index in [-0.39, 0.29) is 17.0 Å². The highest BCUT2D eigenvalue weighted by molar-refractivity contribution is 7.89. The van der Waals surface area contributed by atoms with Gasteiger partial charge < -0.3 is 9.52 Å². The Hall–Kier alpha value is -2.12. The van der Waals surface area contributed by atoms with E-state index in [1.54, 1.807) is 12.1 Å². The third-order valence-electron chi connectivity index (χ3n) is 3.02. The summed E-state index contributed by atoms with van der Waals surface area (Å²) in [5, 5.41) is 9.14. The van der Waals surface area contributed by atoms with Crippen LogP contribution in [0, 0.1) is 0 Å². The topological polar surface area (TPSA) is 96.6 Å². The van der Waals surface area contributed by atoms with Crippen molar-refractivity contribution in [2.45, 2.75) is 24.8 Å². The molecule has 2 N–H and O–H groups in total. The van der Waals surface area contributed by atoms with Crippen molar-refractivity contribution >= 4 is 16.0 Å². The molecule has 0 aliphatic carbocycles. The normalized spacial score (nSPS) is 11.5. The van der Waals surface area contributed by atoms with Crippen LogP contribution in [0.1, 0.15) is 28.6 Å². The summed E-state index contributed by atoms with van der Waals surface area (Å²) in [6.45, 7) is 1.82. The van der Waals surface area contributed by atoms with E-state index in [2.05, 4.69) is 4.72 Å². The van der Waals surface area contributed by atoms with Crippen molar-refractivity contribution in [1.82, 2.24) is 4.72 Å². The lowest BCUT2D eigenvalue weighted by Gasteiger charge is -2.09. The van der Waals surface area contributed by atoms with Gasteiger partial charge in [0.15, 0.2) is 0 Å². The molecule has 0 saturated carbocycles. The molecule has 0 spiro atoms. The second-order valence-corrected chi connectivity index (χ2v) is 6.15. The Labute approximate surface area is 122 Å². The summed E-state index contributed by atoms with van der Waals surface area (Å²) in [6.07, 6.45) is 1.96. The molecule has 1 aromatic carbocycles. The molecule has 1 heterocycles. The van der Waals surface area contributed by atoms with Gasteiger partial charge in [0.25, 0.3) is 0 Å². The molecule has 0 aliphatic heterocycles. The van der Waals surface area contributed by atoms with Crippen LogP contribution >= 0.6 is 0 Å². The van der Waals surface area contributed by atoms with Crippen LogP contribution in [-0.2, 0) is 23.0 Å². The third kappa shape index (κ3) is 3.50. The molecule has 6 nitrogen and oxygen atoms in total. The van der Waals surface area contributed by atoms with Crippen LogP contribution in [0.4, 0.5) is 0 Å². The molecule has 7 heteroatoms. The number of carboxylic acids is 1. The van der Waals surface area contributed by atoms with Gasteiger partial charge in [0.05, 0.1) is 23.3 Å².